The summed E-state index contributed by atoms with van der Waals surface area (Å²) in [5, 5.41) is 3.45. The van der Waals surface area contributed by atoms with Gasteiger partial charge in [-0.2, -0.15) is 0 Å². The third kappa shape index (κ3) is 5.31. The van der Waals surface area contributed by atoms with E-state index in [2.05, 4.69) is 23.8 Å². The Bertz CT molecular complexity index is 848. The van der Waals surface area contributed by atoms with Gasteiger partial charge >= 0.3 is 12.0 Å². The summed E-state index contributed by atoms with van der Waals surface area (Å²) in [6, 6.07) is 6.75. The molecule has 1 aromatic carbocycles. The third-order valence-electron chi connectivity index (χ3n) is 6.06. The van der Waals surface area contributed by atoms with Crippen LogP contribution < -0.4 is 5.32 Å². The Morgan fingerprint density at radius 1 is 1.32 bits per heavy atom. The lowest BCUT2D eigenvalue weighted by atomic mass is 9.92. The van der Waals surface area contributed by atoms with Crippen LogP contribution in [0, 0.1) is 0 Å². The fraction of sp³-hybridized carbons (Fsp3) is 0.500. The number of urea groups is 1. The standard InChI is InChI=1S/C24H32ClN3O3/c1-4-15-28-20(16-27(3)17-11-7-6-8-12-17)21(23(29)31-5-2)22(26-24(28)30)18-13-9-10-14-19(18)25/h4,9-10,13-14,17,22H,1,5-8,11-12,15-16H2,2-3H3,(H,26,30). The van der Waals surface area contributed by atoms with Crippen molar-refractivity contribution in [2.45, 2.75) is 51.1 Å². The van der Waals surface area contributed by atoms with Crippen LogP contribution in [0.5, 0.6) is 0 Å². The van der Waals surface area contributed by atoms with E-state index in [4.69, 9.17) is 16.3 Å². The predicted molar refractivity (Wildman–Crippen MR) is 123 cm³/mol. The Balaban J connectivity index is 2.09. The number of hydrogen-bond acceptors (Lipinski definition) is 4. The van der Waals surface area contributed by atoms with Gasteiger partial charge in [0.25, 0.3) is 0 Å². The second-order valence-electron chi connectivity index (χ2n) is 8.09. The van der Waals surface area contributed by atoms with Gasteiger partial charge in [-0.1, -0.05) is 55.1 Å². The molecule has 1 atom stereocenters. The molecule has 0 radical (unpaired) electrons. The van der Waals surface area contributed by atoms with E-state index in [9.17, 15) is 9.59 Å². The molecule has 2 aliphatic rings. The zero-order chi connectivity index (χ0) is 22.4. The lowest BCUT2D eigenvalue weighted by molar-refractivity contribution is -0.139. The number of ether oxygens (including phenoxy) is 1. The van der Waals surface area contributed by atoms with E-state index >= 15 is 0 Å². The monoisotopic (exact) mass is 445 g/mol. The number of nitrogens with zero attached hydrogens (tertiary/aromatic N) is 2. The highest BCUT2D eigenvalue weighted by Crippen LogP contribution is 2.35. The molecule has 1 saturated carbocycles. The van der Waals surface area contributed by atoms with E-state index in [0.717, 1.165) is 12.8 Å². The molecule has 0 saturated heterocycles. The van der Waals surface area contributed by atoms with Gasteiger partial charge in [-0.15, -0.1) is 6.58 Å². The molecule has 0 bridgehead atoms. The smallest absolute Gasteiger partial charge is 0.338 e. The van der Waals surface area contributed by atoms with Gasteiger partial charge in [0, 0.05) is 29.9 Å². The van der Waals surface area contributed by atoms with E-state index in [1.165, 1.54) is 19.3 Å². The molecule has 1 N–H and O–H groups in total. The molecule has 1 aromatic rings. The first kappa shape index (κ1) is 23.4. The largest absolute Gasteiger partial charge is 0.463 e. The highest BCUT2D eigenvalue weighted by Gasteiger charge is 2.39. The van der Waals surface area contributed by atoms with Gasteiger partial charge in [0.05, 0.1) is 18.2 Å². The average molecular weight is 446 g/mol. The van der Waals surface area contributed by atoms with Crippen molar-refractivity contribution in [3.05, 3.63) is 58.8 Å². The van der Waals surface area contributed by atoms with Gasteiger partial charge < -0.3 is 10.1 Å². The minimum atomic E-state index is -0.670. The molecule has 1 heterocycles. The Hall–Kier alpha value is -2.31. The molecule has 168 valence electrons. The van der Waals surface area contributed by atoms with Crippen LogP contribution in [0.15, 0.2) is 48.2 Å². The summed E-state index contributed by atoms with van der Waals surface area (Å²) >= 11 is 6.46. The van der Waals surface area contributed by atoms with E-state index in [-0.39, 0.29) is 12.6 Å². The number of rotatable bonds is 8. The van der Waals surface area contributed by atoms with Gasteiger partial charge in [0.1, 0.15) is 0 Å². The Morgan fingerprint density at radius 2 is 2.03 bits per heavy atom. The third-order valence-corrected chi connectivity index (χ3v) is 6.40. The lowest BCUT2D eigenvalue weighted by Gasteiger charge is -2.39. The number of halogens is 1. The minimum Gasteiger partial charge on any atom is -0.463 e. The Kier molecular flexibility index (Phi) is 8.15. The maximum absolute atomic E-state index is 13.2. The van der Waals surface area contributed by atoms with E-state index in [1.807, 2.05) is 18.2 Å². The van der Waals surface area contributed by atoms with Crippen LogP contribution in [0.3, 0.4) is 0 Å². The second-order valence-corrected chi connectivity index (χ2v) is 8.50. The number of benzene rings is 1. The van der Waals surface area contributed by atoms with Crippen LogP contribution >= 0.6 is 11.6 Å². The molecule has 1 fully saturated rings. The fourth-order valence-corrected chi connectivity index (χ4v) is 4.72. The van der Waals surface area contributed by atoms with Gasteiger partial charge in [-0.25, -0.2) is 9.59 Å². The van der Waals surface area contributed by atoms with Crippen LogP contribution in [-0.4, -0.2) is 54.6 Å². The number of esters is 1. The molecular formula is C24H32ClN3O3. The van der Waals surface area contributed by atoms with Gasteiger partial charge in [0.15, 0.2) is 0 Å². The van der Waals surface area contributed by atoms with Crippen LogP contribution in [0.2, 0.25) is 5.02 Å². The number of amides is 2. The van der Waals surface area contributed by atoms with Crippen LogP contribution in [0.1, 0.15) is 50.6 Å². The molecule has 7 heteroatoms. The summed E-state index contributed by atoms with van der Waals surface area (Å²) in [7, 11) is 2.06. The van der Waals surface area contributed by atoms with Crippen LogP contribution in [0.4, 0.5) is 4.79 Å². The molecule has 0 spiro atoms. The Morgan fingerprint density at radius 3 is 2.68 bits per heavy atom. The molecule has 0 aromatic heterocycles. The zero-order valence-corrected chi connectivity index (χ0v) is 19.2. The quantitative estimate of drug-likeness (QED) is 0.466. The normalized spacial score (nSPS) is 20.1. The first-order valence-electron chi connectivity index (χ1n) is 11.0. The van der Waals surface area contributed by atoms with Gasteiger partial charge in [-0.05, 0) is 38.4 Å². The highest BCUT2D eigenvalue weighted by molar-refractivity contribution is 6.31. The maximum atomic E-state index is 13.2. The summed E-state index contributed by atoms with van der Waals surface area (Å²) < 4.78 is 5.43. The van der Waals surface area contributed by atoms with Crippen molar-refractivity contribution in [1.82, 2.24) is 15.1 Å². The molecule has 1 aliphatic heterocycles. The molecule has 31 heavy (non-hydrogen) atoms. The summed E-state index contributed by atoms with van der Waals surface area (Å²) in [5.41, 5.74) is 1.76. The zero-order valence-electron chi connectivity index (χ0n) is 18.4. The molecular weight excluding hydrogens is 414 g/mol. The number of carbonyl (C=O) groups is 2. The number of nitrogens with one attached hydrogen (secondary N) is 1. The maximum Gasteiger partial charge on any atom is 0.338 e. The van der Waals surface area contributed by atoms with Crippen molar-refractivity contribution >= 4 is 23.6 Å². The molecule has 1 unspecified atom stereocenters. The Labute approximate surface area is 189 Å². The summed E-state index contributed by atoms with van der Waals surface area (Å²) in [4.78, 5) is 30.1. The lowest BCUT2D eigenvalue weighted by Crippen LogP contribution is -2.51. The van der Waals surface area contributed by atoms with Crippen LogP contribution in [-0.2, 0) is 9.53 Å². The average Bonchev–Trinajstić information content (AvgIpc) is 2.77. The summed E-state index contributed by atoms with van der Waals surface area (Å²) in [5.74, 6) is -0.437. The van der Waals surface area contributed by atoms with Gasteiger partial charge in [-0.3, -0.25) is 9.80 Å². The molecule has 6 nitrogen and oxygen atoms in total. The van der Waals surface area contributed by atoms with E-state index in [1.54, 1.807) is 24.0 Å². The van der Waals surface area contributed by atoms with Crippen LogP contribution in [0.25, 0.3) is 0 Å². The first-order valence-corrected chi connectivity index (χ1v) is 11.4. The first-order chi connectivity index (χ1) is 15.0. The topological polar surface area (TPSA) is 61.9 Å². The molecule has 1 aliphatic carbocycles. The van der Waals surface area contributed by atoms with Crippen molar-refractivity contribution in [2.24, 2.45) is 0 Å². The summed E-state index contributed by atoms with van der Waals surface area (Å²) in [6.45, 7) is 6.60. The predicted octanol–water partition coefficient (Wildman–Crippen LogP) is 4.67. The van der Waals surface area contributed by atoms with Crippen molar-refractivity contribution in [3.8, 4) is 0 Å². The van der Waals surface area contributed by atoms with E-state index in [0.29, 0.717) is 41.0 Å². The summed E-state index contributed by atoms with van der Waals surface area (Å²) in [6.07, 6.45) is 7.59. The second kappa shape index (κ2) is 10.8. The SMILES string of the molecule is C=CCN1C(=O)NC(c2ccccc2Cl)C(C(=O)OCC)=C1CN(C)C1CCCCC1. The van der Waals surface area contributed by atoms with Crippen molar-refractivity contribution < 1.29 is 14.3 Å². The van der Waals surface area contributed by atoms with Crippen molar-refractivity contribution in [1.29, 1.82) is 0 Å². The number of likely N-dealkylation sites (N-methyl/N-ethyl adjacent to an activating group) is 1. The number of carbonyl (C=O) groups excluding carboxylic acids is 2. The van der Waals surface area contributed by atoms with Crippen molar-refractivity contribution in [3.63, 3.8) is 0 Å². The van der Waals surface area contributed by atoms with Crippen molar-refractivity contribution in [2.75, 3.05) is 26.7 Å². The molecule has 3 rings (SSSR count). The number of hydrogen-bond donors (Lipinski definition) is 1. The van der Waals surface area contributed by atoms with E-state index < -0.39 is 12.0 Å². The van der Waals surface area contributed by atoms with Gasteiger partial charge in [0.2, 0.25) is 0 Å². The fourth-order valence-electron chi connectivity index (χ4n) is 4.47. The minimum absolute atomic E-state index is 0.249. The molecule has 2 amide bonds. The highest BCUT2D eigenvalue weighted by atomic mass is 35.5.